The van der Waals surface area contributed by atoms with Crippen molar-refractivity contribution in [3.05, 3.63) is 57.1 Å². The van der Waals surface area contributed by atoms with Crippen molar-refractivity contribution < 1.29 is 14.3 Å². The van der Waals surface area contributed by atoms with Crippen LogP contribution in [-0.2, 0) is 10.2 Å². The first-order valence-corrected chi connectivity index (χ1v) is 11.1. The van der Waals surface area contributed by atoms with Crippen LogP contribution in [0, 0.1) is 6.92 Å². The molecular weight excluding hydrogens is 442 g/mol. The first-order valence-electron chi connectivity index (χ1n) is 10.3. The zero-order chi connectivity index (χ0) is 22.6. The third-order valence-electron chi connectivity index (χ3n) is 5.24. The van der Waals surface area contributed by atoms with E-state index in [1.54, 1.807) is 7.11 Å². The second-order valence-electron chi connectivity index (χ2n) is 9.08. The number of hydrogen-bond acceptors (Lipinski definition) is 3. The Balaban J connectivity index is 2.06. The maximum absolute atomic E-state index is 12.5. The number of nitrogens with one attached hydrogen (secondary N) is 1. The van der Waals surface area contributed by atoms with E-state index < -0.39 is 0 Å². The monoisotopic (exact) mass is 475 g/mol. The Bertz CT molecular complexity index is 900. The molecule has 0 bridgehead atoms. The van der Waals surface area contributed by atoms with Crippen LogP contribution in [-0.4, -0.2) is 19.6 Å². The maximum Gasteiger partial charge on any atom is 0.258 e. The molecule has 0 radical (unpaired) electrons. The number of ether oxygens (including phenoxy) is 2. The molecule has 2 aromatic carbocycles. The van der Waals surface area contributed by atoms with Crippen LogP contribution >= 0.6 is 15.9 Å². The van der Waals surface area contributed by atoms with Crippen molar-refractivity contribution in [2.75, 3.05) is 13.7 Å². The zero-order valence-electron chi connectivity index (χ0n) is 19.4. The van der Waals surface area contributed by atoms with Crippen molar-refractivity contribution in [3.8, 4) is 11.5 Å². The molecule has 0 saturated carbocycles. The Morgan fingerprint density at radius 1 is 1.07 bits per heavy atom. The quantitative estimate of drug-likeness (QED) is 0.500. The molecule has 0 saturated heterocycles. The van der Waals surface area contributed by atoms with Gasteiger partial charge in [0.05, 0.1) is 17.6 Å². The van der Waals surface area contributed by atoms with Gasteiger partial charge in [-0.2, -0.15) is 0 Å². The predicted octanol–water partition coefficient (Wildman–Crippen LogP) is 6.44. The molecule has 0 aliphatic rings. The number of carbonyl (C=O) groups is 1. The summed E-state index contributed by atoms with van der Waals surface area (Å²) in [7, 11) is 1.69. The van der Waals surface area contributed by atoms with Crippen LogP contribution in [0.5, 0.6) is 11.5 Å². The Hall–Kier alpha value is -2.01. The lowest BCUT2D eigenvalue weighted by Crippen LogP contribution is -2.31. The summed E-state index contributed by atoms with van der Waals surface area (Å²) in [5.41, 5.74) is 4.57. The molecule has 1 N–H and O–H groups in total. The minimum absolute atomic E-state index is 0.0377. The second kappa shape index (κ2) is 9.86. The molecule has 4 nitrogen and oxygen atoms in total. The molecule has 0 spiro atoms. The first kappa shape index (κ1) is 24.3. The number of aryl methyl sites for hydroxylation is 1. The van der Waals surface area contributed by atoms with E-state index in [2.05, 4.69) is 61.9 Å². The lowest BCUT2D eigenvalue weighted by atomic mass is 9.87. The van der Waals surface area contributed by atoms with Crippen molar-refractivity contribution in [2.24, 2.45) is 0 Å². The fourth-order valence-corrected chi connectivity index (χ4v) is 3.89. The summed E-state index contributed by atoms with van der Waals surface area (Å²) in [5, 5.41) is 3.05. The smallest absolute Gasteiger partial charge is 0.258 e. The molecule has 0 aromatic heterocycles. The Morgan fingerprint density at radius 3 is 2.27 bits per heavy atom. The van der Waals surface area contributed by atoms with Crippen molar-refractivity contribution >= 4 is 21.8 Å². The molecule has 0 fully saturated rings. The third kappa shape index (κ3) is 6.00. The number of hydrogen-bond donors (Lipinski definition) is 1. The highest BCUT2D eigenvalue weighted by atomic mass is 79.9. The molecule has 0 heterocycles. The summed E-state index contributed by atoms with van der Waals surface area (Å²) in [6, 6.07) is 10.0. The summed E-state index contributed by atoms with van der Waals surface area (Å²) in [4.78, 5) is 12.5. The van der Waals surface area contributed by atoms with Gasteiger partial charge in [0.15, 0.2) is 6.61 Å². The fraction of sp³-hybridized carbons (Fsp3) is 0.480. The number of halogens is 1. The highest BCUT2D eigenvalue weighted by Crippen LogP contribution is 2.33. The standard InChI is InChI=1S/C25H34BrNO3/c1-15(2)19-13-20(16(3)11-23(19)29-8)17(4)27-24(28)14-30-22-10-9-18(12-21(22)26)25(5,6)7/h9-13,15,17H,14H2,1-8H3,(H,27,28)/t17-/m0/s1. The molecule has 0 aliphatic heterocycles. The summed E-state index contributed by atoms with van der Waals surface area (Å²) >= 11 is 3.55. The molecule has 0 unspecified atom stereocenters. The summed E-state index contributed by atoms with van der Waals surface area (Å²) < 4.78 is 12.1. The van der Waals surface area contributed by atoms with E-state index in [0.717, 1.165) is 26.9 Å². The second-order valence-corrected chi connectivity index (χ2v) is 9.93. The van der Waals surface area contributed by atoms with Gasteiger partial charge in [-0.3, -0.25) is 4.79 Å². The molecule has 2 aromatic rings. The number of amides is 1. The van der Waals surface area contributed by atoms with E-state index in [1.807, 2.05) is 38.1 Å². The number of benzene rings is 2. The van der Waals surface area contributed by atoms with E-state index >= 15 is 0 Å². The molecular formula is C25H34BrNO3. The molecule has 164 valence electrons. The molecule has 1 atom stereocenters. The van der Waals surface area contributed by atoms with Crippen LogP contribution < -0.4 is 14.8 Å². The largest absolute Gasteiger partial charge is 0.496 e. The third-order valence-corrected chi connectivity index (χ3v) is 5.86. The van der Waals surface area contributed by atoms with Crippen LogP contribution in [0.2, 0.25) is 0 Å². The van der Waals surface area contributed by atoms with Gasteiger partial charge in [-0.25, -0.2) is 0 Å². The first-order chi connectivity index (χ1) is 13.9. The van der Waals surface area contributed by atoms with Crippen molar-refractivity contribution in [2.45, 2.75) is 65.8 Å². The van der Waals surface area contributed by atoms with Crippen LogP contribution in [0.15, 0.2) is 34.8 Å². The van der Waals surface area contributed by atoms with E-state index in [9.17, 15) is 4.79 Å². The highest BCUT2D eigenvalue weighted by molar-refractivity contribution is 9.10. The van der Waals surface area contributed by atoms with Crippen molar-refractivity contribution in [1.82, 2.24) is 5.32 Å². The molecule has 1 amide bonds. The summed E-state index contributed by atoms with van der Waals surface area (Å²) in [5.74, 6) is 1.72. The zero-order valence-corrected chi connectivity index (χ0v) is 20.9. The minimum Gasteiger partial charge on any atom is -0.496 e. The van der Waals surface area contributed by atoms with Crippen molar-refractivity contribution in [1.29, 1.82) is 0 Å². The Labute approximate surface area is 189 Å². The maximum atomic E-state index is 12.5. The van der Waals surface area contributed by atoms with Crippen molar-refractivity contribution in [3.63, 3.8) is 0 Å². The predicted molar refractivity (Wildman–Crippen MR) is 127 cm³/mol. The lowest BCUT2D eigenvalue weighted by Gasteiger charge is -2.21. The number of methoxy groups -OCH3 is 1. The highest BCUT2D eigenvalue weighted by Gasteiger charge is 2.18. The number of rotatable bonds is 7. The van der Waals surface area contributed by atoms with Gasteiger partial charge in [0, 0.05) is 0 Å². The lowest BCUT2D eigenvalue weighted by molar-refractivity contribution is -0.123. The number of carbonyl (C=O) groups excluding carboxylic acids is 1. The topological polar surface area (TPSA) is 47.6 Å². The van der Waals surface area contributed by atoms with Crippen LogP contribution in [0.25, 0.3) is 0 Å². The van der Waals surface area contributed by atoms with Gasteiger partial charge < -0.3 is 14.8 Å². The molecule has 30 heavy (non-hydrogen) atoms. The van der Waals surface area contributed by atoms with E-state index in [1.165, 1.54) is 5.56 Å². The average Bonchev–Trinajstić information content (AvgIpc) is 2.65. The van der Waals surface area contributed by atoms with Gasteiger partial charge in [0.25, 0.3) is 5.91 Å². The van der Waals surface area contributed by atoms with Crippen LogP contribution in [0.4, 0.5) is 0 Å². The van der Waals surface area contributed by atoms with Gasteiger partial charge >= 0.3 is 0 Å². The van der Waals surface area contributed by atoms with Gasteiger partial charge in [-0.15, -0.1) is 0 Å². The van der Waals surface area contributed by atoms with E-state index in [4.69, 9.17) is 9.47 Å². The Morgan fingerprint density at radius 2 is 1.73 bits per heavy atom. The normalized spacial score (nSPS) is 12.6. The van der Waals surface area contributed by atoms with Gasteiger partial charge in [-0.05, 0) is 87.6 Å². The van der Waals surface area contributed by atoms with Crippen LogP contribution in [0.1, 0.15) is 75.8 Å². The molecule has 5 heteroatoms. The van der Waals surface area contributed by atoms with E-state index in [-0.39, 0.29) is 24.0 Å². The van der Waals surface area contributed by atoms with Gasteiger partial charge in [0.1, 0.15) is 11.5 Å². The molecule has 2 rings (SSSR count). The summed E-state index contributed by atoms with van der Waals surface area (Å²) in [6.45, 7) is 14.7. The van der Waals surface area contributed by atoms with Gasteiger partial charge in [-0.1, -0.05) is 40.7 Å². The van der Waals surface area contributed by atoms with E-state index in [0.29, 0.717) is 11.7 Å². The van der Waals surface area contributed by atoms with Gasteiger partial charge in [0.2, 0.25) is 0 Å². The Kier molecular flexibility index (Phi) is 7.98. The summed E-state index contributed by atoms with van der Waals surface area (Å²) in [6.07, 6.45) is 0. The molecule has 0 aliphatic carbocycles. The SMILES string of the molecule is COc1cc(C)c([C@H](C)NC(=O)COc2ccc(C(C)(C)C)cc2Br)cc1C(C)C. The fourth-order valence-electron chi connectivity index (χ4n) is 3.40. The average molecular weight is 476 g/mol. The van der Waals surface area contributed by atoms with Crippen LogP contribution in [0.3, 0.4) is 0 Å². The minimum atomic E-state index is -0.157.